The highest BCUT2D eigenvalue weighted by atomic mass is 79.9. The summed E-state index contributed by atoms with van der Waals surface area (Å²) < 4.78 is 0.119. The molecule has 0 spiro atoms. The molecule has 0 heterocycles. The van der Waals surface area contributed by atoms with Crippen molar-refractivity contribution in [2.75, 3.05) is 5.33 Å². The summed E-state index contributed by atoms with van der Waals surface area (Å²) in [4.78, 5) is 0.263. The van der Waals surface area contributed by atoms with Gasteiger partial charge in [0.1, 0.15) is 3.23 Å². The molecule has 0 nitrogen and oxygen atoms in total. The summed E-state index contributed by atoms with van der Waals surface area (Å²) in [6.07, 6.45) is 0. The maximum absolute atomic E-state index is 3.51. The van der Waals surface area contributed by atoms with Crippen LogP contribution in [0.5, 0.6) is 0 Å². The standard InChI is InChI=1S/C4H4Br6/c5-1-4(9,10)2(6)3(7)8/h2-3H,1H2. The first-order valence-corrected chi connectivity index (χ1v) is 7.73. The van der Waals surface area contributed by atoms with Crippen molar-refractivity contribution in [2.45, 2.75) is 11.8 Å². The van der Waals surface area contributed by atoms with Gasteiger partial charge in [-0.2, -0.15) is 0 Å². The Hall–Kier alpha value is 2.88. The van der Waals surface area contributed by atoms with Crippen LogP contribution in [-0.4, -0.2) is 17.1 Å². The number of alkyl halides is 6. The highest BCUT2D eigenvalue weighted by Gasteiger charge is 2.34. The average Bonchev–Trinajstić information content (AvgIpc) is 1.86. The third-order valence-electron chi connectivity index (χ3n) is 0.803. The van der Waals surface area contributed by atoms with Gasteiger partial charge >= 0.3 is 0 Å². The van der Waals surface area contributed by atoms with E-state index in [0.29, 0.717) is 0 Å². The Morgan fingerprint density at radius 1 is 1.10 bits per heavy atom. The lowest BCUT2D eigenvalue weighted by Gasteiger charge is -2.24. The van der Waals surface area contributed by atoms with E-state index >= 15 is 0 Å². The van der Waals surface area contributed by atoms with Crippen LogP contribution in [0.25, 0.3) is 0 Å². The Labute approximate surface area is 111 Å². The summed E-state index contributed by atoms with van der Waals surface area (Å²) in [5, 5.41) is 0.823. The van der Waals surface area contributed by atoms with Crippen LogP contribution >= 0.6 is 95.6 Å². The summed E-state index contributed by atoms with van der Waals surface area (Å²) in [6.45, 7) is 0. The second-order valence-electron chi connectivity index (χ2n) is 1.63. The lowest BCUT2D eigenvalue weighted by molar-refractivity contribution is 0.928. The van der Waals surface area contributed by atoms with Gasteiger partial charge < -0.3 is 0 Å². The van der Waals surface area contributed by atoms with Gasteiger partial charge in [0.15, 0.2) is 0 Å². The van der Waals surface area contributed by atoms with Crippen LogP contribution < -0.4 is 0 Å². The van der Waals surface area contributed by atoms with Crippen molar-refractivity contribution in [3.8, 4) is 0 Å². The van der Waals surface area contributed by atoms with Crippen molar-refractivity contribution >= 4 is 95.6 Å². The van der Waals surface area contributed by atoms with E-state index in [1.165, 1.54) is 0 Å². The minimum atomic E-state index is -0.113. The quantitative estimate of drug-likeness (QED) is 0.462. The second-order valence-corrected chi connectivity index (χ2v) is 10.3. The summed E-state index contributed by atoms with van der Waals surface area (Å²) in [5.41, 5.74) is 0. The number of halogens is 6. The molecule has 0 N–H and O–H groups in total. The Morgan fingerprint density at radius 3 is 1.60 bits per heavy atom. The summed E-state index contributed by atoms with van der Waals surface area (Å²) in [5.74, 6) is 0. The molecule has 0 aromatic heterocycles. The molecule has 0 aromatic carbocycles. The molecule has 0 aliphatic rings. The predicted molar refractivity (Wildman–Crippen MR) is 68.7 cm³/mol. The third-order valence-corrected chi connectivity index (χ3v) is 9.75. The molecule has 10 heavy (non-hydrogen) atoms. The normalized spacial score (nSPS) is 15.9. The van der Waals surface area contributed by atoms with Crippen LogP contribution in [0.15, 0.2) is 0 Å². The SMILES string of the molecule is BrCC(Br)(Br)C(Br)C(Br)Br. The van der Waals surface area contributed by atoms with Gasteiger partial charge in [-0.25, -0.2) is 0 Å². The van der Waals surface area contributed by atoms with Crippen molar-refractivity contribution in [2.24, 2.45) is 0 Å². The fourth-order valence-corrected chi connectivity index (χ4v) is 4.05. The molecule has 0 aliphatic heterocycles. The second kappa shape index (κ2) is 5.58. The van der Waals surface area contributed by atoms with E-state index in [0.717, 1.165) is 5.33 Å². The summed E-state index contributed by atoms with van der Waals surface area (Å²) >= 11 is 20.7. The maximum Gasteiger partial charge on any atom is 0.104 e. The van der Waals surface area contributed by atoms with Crippen LogP contribution in [0, 0.1) is 0 Å². The molecule has 0 saturated heterocycles. The number of rotatable bonds is 3. The lowest BCUT2D eigenvalue weighted by Crippen LogP contribution is -2.31. The summed E-state index contributed by atoms with van der Waals surface area (Å²) in [7, 11) is 0. The van der Waals surface area contributed by atoms with Crippen LogP contribution in [-0.2, 0) is 0 Å². The molecule has 0 saturated carbocycles. The monoisotopic (exact) mass is 526 g/mol. The Kier molecular flexibility index (Phi) is 7.18. The van der Waals surface area contributed by atoms with Gasteiger partial charge in [-0.05, 0) is 0 Å². The van der Waals surface area contributed by atoms with Crippen LogP contribution in [0.2, 0.25) is 0 Å². The van der Waals surface area contributed by atoms with E-state index in [2.05, 4.69) is 95.6 Å². The molecular weight excluding hydrogens is 527 g/mol. The highest BCUT2D eigenvalue weighted by molar-refractivity contribution is 9.28. The van der Waals surface area contributed by atoms with Gasteiger partial charge in [0.05, 0.1) is 8.56 Å². The van der Waals surface area contributed by atoms with Crippen molar-refractivity contribution < 1.29 is 0 Å². The molecule has 1 atom stereocenters. The van der Waals surface area contributed by atoms with Crippen LogP contribution in [0.1, 0.15) is 0 Å². The largest absolute Gasteiger partial charge is 0.104 e. The average molecular weight is 532 g/mol. The molecule has 0 rings (SSSR count). The van der Waals surface area contributed by atoms with E-state index in [1.54, 1.807) is 0 Å². The van der Waals surface area contributed by atoms with E-state index in [-0.39, 0.29) is 11.8 Å². The molecule has 6 heteroatoms. The molecule has 0 amide bonds. The zero-order valence-electron chi connectivity index (χ0n) is 4.63. The molecule has 0 fully saturated rings. The molecule has 62 valence electrons. The minimum Gasteiger partial charge on any atom is -0.0903 e. The zero-order chi connectivity index (χ0) is 8.36. The van der Waals surface area contributed by atoms with E-state index in [9.17, 15) is 0 Å². The van der Waals surface area contributed by atoms with Crippen molar-refractivity contribution in [1.29, 1.82) is 0 Å². The molecule has 0 bridgehead atoms. The molecule has 0 aromatic rings. The smallest absolute Gasteiger partial charge is 0.0903 e. The molecular formula is C4H4Br6. The zero-order valence-corrected chi connectivity index (χ0v) is 14.1. The molecule has 0 aliphatic carbocycles. The molecule has 1 unspecified atom stereocenters. The van der Waals surface area contributed by atoms with Crippen molar-refractivity contribution in [1.82, 2.24) is 0 Å². The first kappa shape index (κ1) is 12.9. The highest BCUT2D eigenvalue weighted by Crippen LogP contribution is 2.41. The van der Waals surface area contributed by atoms with Gasteiger partial charge in [0.2, 0.25) is 0 Å². The summed E-state index contributed by atoms with van der Waals surface area (Å²) in [6, 6.07) is 0. The van der Waals surface area contributed by atoms with Gasteiger partial charge in [0.25, 0.3) is 0 Å². The Bertz CT molecular complexity index is 99.9. The van der Waals surface area contributed by atoms with E-state index in [4.69, 9.17) is 0 Å². The fraction of sp³-hybridized carbons (Fsp3) is 1.00. The third kappa shape index (κ3) is 4.21. The van der Waals surface area contributed by atoms with E-state index in [1.807, 2.05) is 0 Å². The predicted octanol–water partition coefficient (Wildman–Crippen LogP) is 4.75. The van der Waals surface area contributed by atoms with E-state index < -0.39 is 0 Å². The Balaban J connectivity index is 4.03. The first-order chi connectivity index (χ1) is 4.41. The minimum absolute atomic E-state index is 0.113. The van der Waals surface area contributed by atoms with Crippen LogP contribution in [0.3, 0.4) is 0 Å². The maximum atomic E-state index is 3.51. The van der Waals surface area contributed by atoms with Gasteiger partial charge in [-0.15, -0.1) is 0 Å². The number of hydrogen-bond donors (Lipinski definition) is 0. The van der Waals surface area contributed by atoms with Crippen molar-refractivity contribution in [3.05, 3.63) is 0 Å². The van der Waals surface area contributed by atoms with Crippen LogP contribution in [0.4, 0.5) is 0 Å². The van der Waals surface area contributed by atoms with Crippen molar-refractivity contribution in [3.63, 3.8) is 0 Å². The van der Waals surface area contributed by atoms with Gasteiger partial charge in [-0.3, -0.25) is 0 Å². The molecule has 0 radical (unpaired) electrons. The Morgan fingerprint density at radius 2 is 1.50 bits per heavy atom. The lowest BCUT2D eigenvalue weighted by atomic mass is 10.4. The first-order valence-electron chi connectivity index (χ1n) is 2.28. The topological polar surface area (TPSA) is 0 Å². The number of hydrogen-bond acceptors (Lipinski definition) is 0. The van der Waals surface area contributed by atoms with Gasteiger partial charge in [0, 0.05) is 5.33 Å². The fourth-order valence-electron chi connectivity index (χ4n) is 0.258. The van der Waals surface area contributed by atoms with Gasteiger partial charge in [-0.1, -0.05) is 95.6 Å².